The van der Waals surface area contributed by atoms with Gasteiger partial charge in [-0.15, -0.1) is 23.4 Å². The largest absolute Gasteiger partial charge is 0.324 e. The standard InChI is InChI=1S/C16H15N5OS2/c1-2-10-23-13-7-4-3-6-12(13)18-14(22)11-24-16-19-15-17-8-5-9-21(15)20-16/h2-9H,1,10-11H2,(H,18,22). The number of rotatable bonds is 7. The minimum absolute atomic E-state index is 0.0986. The van der Waals surface area contributed by atoms with E-state index in [2.05, 4.69) is 27.0 Å². The highest BCUT2D eigenvalue weighted by Gasteiger charge is 2.10. The first kappa shape index (κ1) is 16.5. The molecular formula is C16H15N5OS2. The van der Waals surface area contributed by atoms with E-state index in [4.69, 9.17) is 0 Å². The summed E-state index contributed by atoms with van der Waals surface area (Å²) in [6.45, 7) is 3.71. The minimum Gasteiger partial charge on any atom is -0.324 e. The molecule has 1 aromatic carbocycles. The summed E-state index contributed by atoms with van der Waals surface area (Å²) in [5.74, 6) is 1.45. The molecule has 2 aromatic heterocycles. The Hall–Kier alpha value is -2.32. The molecule has 0 aliphatic rings. The maximum atomic E-state index is 12.2. The van der Waals surface area contributed by atoms with Crippen molar-refractivity contribution in [1.29, 1.82) is 0 Å². The van der Waals surface area contributed by atoms with E-state index in [1.165, 1.54) is 11.8 Å². The van der Waals surface area contributed by atoms with Crippen LogP contribution < -0.4 is 5.32 Å². The van der Waals surface area contributed by atoms with Crippen LogP contribution >= 0.6 is 23.5 Å². The number of nitrogens with zero attached hydrogens (tertiary/aromatic N) is 4. The molecule has 2 heterocycles. The number of carbonyl (C=O) groups excluding carboxylic acids is 1. The van der Waals surface area contributed by atoms with Crippen molar-refractivity contribution < 1.29 is 4.79 Å². The second-order valence-corrected chi connectivity index (χ2v) is 6.70. The first-order valence-electron chi connectivity index (χ1n) is 7.19. The molecular weight excluding hydrogens is 342 g/mol. The van der Waals surface area contributed by atoms with E-state index in [1.807, 2.05) is 30.3 Å². The number of hydrogen-bond donors (Lipinski definition) is 1. The number of benzene rings is 1. The summed E-state index contributed by atoms with van der Waals surface area (Å²) >= 11 is 2.91. The molecule has 0 radical (unpaired) electrons. The second-order valence-electron chi connectivity index (χ2n) is 4.69. The van der Waals surface area contributed by atoms with Crippen LogP contribution in [0.3, 0.4) is 0 Å². The van der Waals surface area contributed by atoms with Gasteiger partial charge < -0.3 is 5.32 Å². The topological polar surface area (TPSA) is 72.2 Å². The number of para-hydroxylation sites is 1. The highest BCUT2D eigenvalue weighted by atomic mass is 32.2. The summed E-state index contributed by atoms with van der Waals surface area (Å²) < 4.78 is 1.58. The van der Waals surface area contributed by atoms with Crippen molar-refractivity contribution >= 4 is 40.9 Å². The lowest BCUT2D eigenvalue weighted by molar-refractivity contribution is -0.113. The number of nitrogens with one attached hydrogen (secondary N) is 1. The van der Waals surface area contributed by atoms with Gasteiger partial charge in [-0.3, -0.25) is 4.79 Å². The molecule has 0 unspecified atom stereocenters. The molecule has 1 N–H and O–H groups in total. The van der Waals surface area contributed by atoms with E-state index in [0.29, 0.717) is 10.9 Å². The molecule has 3 aromatic rings. The van der Waals surface area contributed by atoms with Gasteiger partial charge in [0.25, 0.3) is 5.78 Å². The molecule has 122 valence electrons. The SMILES string of the molecule is C=CCSc1ccccc1NC(=O)CSc1nc2ncccn2n1. The number of carbonyl (C=O) groups is 1. The van der Waals surface area contributed by atoms with Gasteiger partial charge in [-0.25, -0.2) is 9.50 Å². The lowest BCUT2D eigenvalue weighted by Gasteiger charge is -2.09. The molecule has 0 bridgehead atoms. The second kappa shape index (κ2) is 7.98. The van der Waals surface area contributed by atoms with Crippen molar-refractivity contribution in [2.75, 3.05) is 16.8 Å². The van der Waals surface area contributed by atoms with Gasteiger partial charge in [0, 0.05) is 23.0 Å². The normalized spacial score (nSPS) is 10.7. The van der Waals surface area contributed by atoms with Crippen LogP contribution in [0.5, 0.6) is 0 Å². The van der Waals surface area contributed by atoms with Crippen molar-refractivity contribution in [2.45, 2.75) is 10.1 Å². The van der Waals surface area contributed by atoms with Crippen LogP contribution in [0.4, 0.5) is 5.69 Å². The maximum Gasteiger partial charge on any atom is 0.253 e. The Kier molecular flexibility index (Phi) is 5.50. The van der Waals surface area contributed by atoms with E-state index in [1.54, 1.807) is 34.7 Å². The molecule has 0 saturated carbocycles. The van der Waals surface area contributed by atoms with Crippen molar-refractivity contribution in [3.8, 4) is 0 Å². The quantitative estimate of drug-likeness (QED) is 0.517. The van der Waals surface area contributed by atoms with E-state index >= 15 is 0 Å². The van der Waals surface area contributed by atoms with Gasteiger partial charge in [0.2, 0.25) is 11.1 Å². The third-order valence-corrected chi connectivity index (χ3v) is 4.85. The average Bonchev–Trinajstić information content (AvgIpc) is 3.02. The van der Waals surface area contributed by atoms with E-state index in [0.717, 1.165) is 16.3 Å². The predicted octanol–water partition coefficient (Wildman–Crippen LogP) is 3.13. The number of fused-ring (bicyclic) bond motifs is 1. The van der Waals surface area contributed by atoms with E-state index < -0.39 is 0 Å². The lowest BCUT2D eigenvalue weighted by Crippen LogP contribution is -2.14. The number of anilines is 1. The molecule has 0 fully saturated rings. The van der Waals surface area contributed by atoms with E-state index in [-0.39, 0.29) is 11.7 Å². The van der Waals surface area contributed by atoms with Crippen molar-refractivity contribution in [3.63, 3.8) is 0 Å². The number of thioether (sulfide) groups is 2. The maximum absolute atomic E-state index is 12.2. The molecule has 0 saturated heterocycles. The van der Waals surface area contributed by atoms with Crippen molar-refractivity contribution in [1.82, 2.24) is 19.6 Å². The molecule has 0 atom stereocenters. The zero-order valence-corrected chi connectivity index (χ0v) is 14.4. The zero-order valence-electron chi connectivity index (χ0n) is 12.8. The summed E-state index contributed by atoms with van der Waals surface area (Å²) in [5, 5.41) is 7.72. The molecule has 0 aliphatic heterocycles. The summed E-state index contributed by atoms with van der Waals surface area (Å²) in [6, 6.07) is 9.49. The van der Waals surface area contributed by atoms with Crippen LogP contribution in [0, 0.1) is 0 Å². The van der Waals surface area contributed by atoms with Gasteiger partial charge in [-0.2, -0.15) is 4.98 Å². The summed E-state index contributed by atoms with van der Waals surface area (Å²) in [7, 11) is 0. The van der Waals surface area contributed by atoms with Crippen LogP contribution in [-0.4, -0.2) is 37.0 Å². The predicted molar refractivity (Wildman–Crippen MR) is 97.5 cm³/mol. The Balaban J connectivity index is 1.60. The highest BCUT2D eigenvalue weighted by molar-refractivity contribution is 8.00. The molecule has 8 heteroatoms. The van der Waals surface area contributed by atoms with E-state index in [9.17, 15) is 4.79 Å². The third kappa shape index (κ3) is 4.15. The lowest BCUT2D eigenvalue weighted by atomic mass is 10.3. The number of hydrogen-bond acceptors (Lipinski definition) is 6. The fraction of sp³-hybridized carbons (Fsp3) is 0.125. The Morgan fingerprint density at radius 2 is 2.17 bits per heavy atom. The monoisotopic (exact) mass is 357 g/mol. The van der Waals surface area contributed by atoms with Gasteiger partial charge in [0.15, 0.2) is 0 Å². The van der Waals surface area contributed by atoms with Crippen molar-refractivity contribution in [2.24, 2.45) is 0 Å². The van der Waals surface area contributed by atoms with Crippen LogP contribution in [0.15, 0.2) is 65.4 Å². The summed E-state index contributed by atoms with van der Waals surface area (Å²) in [4.78, 5) is 21.6. The first-order valence-corrected chi connectivity index (χ1v) is 9.16. The van der Waals surface area contributed by atoms with Crippen LogP contribution in [0.2, 0.25) is 0 Å². The van der Waals surface area contributed by atoms with Gasteiger partial charge in [-0.05, 0) is 18.2 Å². The van der Waals surface area contributed by atoms with Crippen LogP contribution in [-0.2, 0) is 4.79 Å². The number of amides is 1. The molecule has 0 aliphatic carbocycles. The van der Waals surface area contributed by atoms with Crippen LogP contribution in [0.1, 0.15) is 0 Å². The smallest absolute Gasteiger partial charge is 0.253 e. The Labute approximate surface area is 147 Å². The first-order chi connectivity index (χ1) is 11.8. The van der Waals surface area contributed by atoms with Crippen LogP contribution in [0.25, 0.3) is 5.78 Å². The fourth-order valence-corrected chi connectivity index (χ4v) is 3.31. The highest BCUT2D eigenvalue weighted by Crippen LogP contribution is 2.27. The van der Waals surface area contributed by atoms with Gasteiger partial charge in [-0.1, -0.05) is 30.0 Å². The summed E-state index contributed by atoms with van der Waals surface area (Å²) in [6.07, 6.45) is 5.26. The molecule has 24 heavy (non-hydrogen) atoms. The Morgan fingerprint density at radius 3 is 3.00 bits per heavy atom. The Bertz CT molecular complexity index is 831. The third-order valence-electron chi connectivity index (χ3n) is 2.95. The van der Waals surface area contributed by atoms with Gasteiger partial charge in [0.05, 0.1) is 11.4 Å². The van der Waals surface area contributed by atoms with Gasteiger partial charge in [0.1, 0.15) is 0 Å². The molecule has 0 spiro atoms. The fourth-order valence-electron chi connectivity index (χ4n) is 1.94. The molecule has 6 nitrogen and oxygen atoms in total. The number of aromatic nitrogens is 4. The van der Waals surface area contributed by atoms with Crippen molar-refractivity contribution in [3.05, 3.63) is 55.4 Å². The summed E-state index contributed by atoms with van der Waals surface area (Å²) in [5.41, 5.74) is 0.805. The van der Waals surface area contributed by atoms with Gasteiger partial charge >= 0.3 is 0 Å². The Morgan fingerprint density at radius 1 is 1.29 bits per heavy atom. The minimum atomic E-state index is -0.0986. The zero-order chi connectivity index (χ0) is 16.8. The molecule has 1 amide bonds. The average molecular weight is 357 g/mol. The molecule has 3 rings (SSSR count).